The second kappa shape index (κ2) is 5.13. The maximum Gasteiger partial charge on any atom is 0.251 e. The van der Waals surface area contributed by atoms with E-state index in [9.17, 15) is 4.79 Å². The van der Waals surface area contributed by atoms with Crippen LogP contribution in [0.5, 0.6) is 0 Å². The number of furan rings is 1. The fourth-order valence-electron chi connectivity index (χ4n) is 3.87. The molecule has 1 amide bonds. The zero-order valence-electron chi connectivity index (χ0n) is 13.1. The van der Waals surface area contributed by atoms with Crippen molar-refractivity contribution in [3.05, 3.63) is 35.6 Å². The van der Waals surface area contributed by atoms with Crippen LogP contribution in [0.3, 0.4) is 0 Å². The van der Waals surface area contributed by atoms with Gasteiger partial charge in [0.2, 0.25) is 0 Å². The summed E-state index contributed by atoms with van der Waals surface area (Å²) in [5.74, 6) is 0.409. The van der Waals surface area contributed by atoms with Crippen molar-refractivity contribution < 1.29 is 9.21 Å². The first-order chi connectivity index (χ1) is 10.6. The lowest BCUT2D eigenvalue weighted by molar-refractivity contribution is 0.0931. The zero-order valence-corrected chi connectivity index (χ0v) is 13.1. The molecule has 2 bridgehead atoms. The molecule has 0 aliphatic carbocycles. The van der Waals surface area contributed by atoms with Gasteiger partial charge in [0, 0.05) is 34.6 Å². The summed E-state index contributed by atoms with van der Waals surface area (Å²) < 4.78 is 5.58. The Morgan fingerprint density at radius 2 is 2.23 bits per heavy atom. The van der Waals surface area contributed by atoms with Crippen molar-refractivity contribution in [2.75, 3.05) is 0 Å². The lowest BCUT2D eigenvalue weighted by Crippen LogP contribution is -2.42. The number of benzene rings is 1. The summed E-state index contributed by atoms with van der Waals surface area (Å²) in [5.41, 5.74) is 2.73. The van der Waals surface area contributed by atoms with E-state index in [-0.39, 0.29) is 11.9 Å². The molecule has 2 N–H and O–H groups in total. The first-order valence-electron chi connectivity index (χ1n) is 8.20. The minimum atomic E-state index is 0.0251. The number of rotatable bonds is 3. The molecule has 2 aliphatic heterocycles. The molecule has 0 spiro atoms. The van der Waals surface area contributed by atoms with Gasteiger partial charge >= 0.3 is 0 Å². The Balaban J connectivity index is 1.57. The van der Waals surface area contributed by atoms with Gasteiger partial charge in [-0.2, -0.15) is 0 Å². The van der Waals surface area contributed by atoms with Crippen LogP contribution in [0.15, 0.2) is 28.9 Å². The van der Waals surface area contributed by atoms with Crippen LogP contribution in [0, 0.1) is 0 Å². The number of hydrogen-bond donors (Lipinski definition) is 2. The first-order valence-corrected chi connectivity index (χ1v) is 8.20. The average molecular weight is 298 g/mol. The number of carbonyl (C=O) groups is 1. The highest BCUT2D eigenvalue weighted by Gasteiger charge is 2.39. The third kappa shape index (κ3) is 2.22. The van der Waals surface area contributed by atoms with E-state index < -0.39 is 0 Å². The Kier molecular flexibility index (Phi) is 3.22. The van der Waals surface area contributed by atoms with Gasteiger partial charge in [-0.3, -0.25) is 4.79 Å². The van der Waals surface area contributed by atoms with E-state index in [1.54, 1.807) is 6.26 Å². The van der Waals surface area contributed by atoms with E-state index >= 15 is 0 Å². The van der Waals surface area contributed by atoms with Gasteiger partial charge in [0.15, 0.2) is 0 Å². The van der Waals surface area contributed by atoms with Crippen molar-refractivity contribution in [1.29, 1.82) is 0 Å². The van der Waals surface area contributed by atoms with E-state index in [0.717, 1.165) is 28.5 Å². The standard InChI is InChI=1S/C18H22N2O2/c1-10(2)14-9-22-17-6-3-11(7-13(14)17)18(21)20-16-8-12-4-5-15(16)19-12/h3,6-7,9-10,12,15-16,19H,4-5,8H2,1-2H3,(H,20,21). The number of fused-ring (bicyclic) bond motifs is 3. The maximum absolute atomic E-state index is 12.6. The van der Waals surface area contributed by atoms with Crippen LogP contribution in [0.2, 0.25) is 0 Å². The van der Waals surface area contributed by atoms with Gasteiger partial charge in [0.05, 0.1) is 6.26 Å². The van der Waals surface area contributed by atoms with E-state index in [2.05, 4.69) is 24.5 Å². The summed E-state index contributed by atoms with van der Waals surface area (Å²) >= 11 is 0. The molecular formula is C18H22N2O2. The van der Waals surface area contributed by atoms with Crippen molar-refractivity contribution in [2.45, 2.75) is 57.2 Å². The molecule has 1 aromatic heterocycles. The molecule has 4 rings (SSSR count). The molecule has 4 nitrogen and oxygen atoms in total. The molecule has 2 aromatic rings. The molecule has 22 heavy (non-hydrogen) atoms. The van der Waals surface area contributed by atoms with Crippen LogP contribution in [0.4, 0.5) is 0 Å². The minimum absolute atomic E-state index is 0.0251. The number of amides is 1. The molecule has 4 heteroatoms. The van der Waals surface area contributed by atoms with Crippen LogP contribution in [-0.4, -0.2) is 24.0 Å². The Morgan fingerprint density at radius 1 is 1.36 bits per heavy atom. The third-order valence-electron chi connectivity index (χ3n) is 5.10. The Hall–Kier alpha value is -1.81. The molecule has 2 aliphatic rings. The molecule has 3 atom stereocenters. The quantitative estimate of drug-likeness (QED) is 0.915. The smallest absolute Gasteiger partial charge is 0.251 e. The van der Waals surface area contributed by atoms with Crippen molar-refractivity contribution in [3.8, 4) is 0 Å². The molecular weight excluding hydrogens is 276 g/mol. The van der Waals surface area contributed by atoms with Crippen LogP contribution < -0.4 is 10.6 Å². The van der Waals surface area contributed by atoms with Crippen molar-refractivity contribution in [1.82, 2.24) is 10.6 Å². The summed E-state index contributed by atoms with van der Waals surface area (Å²) in [4.78, 5) is 12.6. The first kappa shape index (κ1) is 13.8. The van der Waals surface area contributed by atoms with Gasteiger partial charge in [-0.25, -0.2) is 0 Å². The zero-order chi connectivity index (χ0) is 15.3. The maximum atomic E-state index is 12.6. The van der Waals surface area contributed by atoms with Gasteiger partial charge in [-0.1, -0.05) is 13.8 Å². The lowest BCUT2D eigenvalue weighted by Gasteiger charge is -2.21. The van der Waals surface area contributed by atoms with Crippen LogP contribution >= 0.6 is 0 Å². The highest BCUT2D eigenvalue weighted by atomic mass is 16.3. The van der Waals surface area contributed by atoms with Gasteiger partial charge < -0.3 is 15.1 Å². The van der Waals surface area contributed by atoms with Crippen LogP contribution in [0.25, 0.3) is 11.0 Å². The topological polar surface area (TPSA) is 54.3 Å². The normalized spacial score (nSPS) is 27.0. The highest BCUT2D eigenvalue weighted by molar-refractivity contribution is 5.98. The van der Waals surface area contributed by atoms with Gasteiger partial charge in [0.25, 0.3) is 5.91 Å². The van der Waals surface area contributed by atoms with Crippen LogP contribution in [-0.2, 0) is 0 Å². The SMILES string of the molecule is CC(C)c1coc2ccc(C(=O)NC3CC4CCC3N4)cc12. The monoisotopic (exact) mass is 298 g/mol. The number of hydrogen-bond acceptors (Lipinski definition) is 3. The van der Waals surface area contributed by atoms with Crippen molar-refractivity contribution in [2.24, 2.45) is 0 Å². The predicted molar refractivity (Wildman–Crippen MR) is 86.1 cm³/mol. The Labute approximate surface area is 130 Å². The summed E-state index contributed by atoms with van der Waals surface area (Å²) in [6, 6.07) is 7.04. The van der Waals surface area contributed by atoms with Gasteiger partial charge in [-0.15, -0.1) is 0 Å². The van der Waals surface area contributed by atoms with E-state index in [1.807, 2.05) is 18.2 Å². The molecule has 3 heterocycles. The van der Waals surface area contributed by atoms with E-state index in [1.165, 1.54) is 12.8 Å². The molecule has 2 fully saturated rings. The summed E-state index contributed by atoms with van der Waals surface area (Å²) in [6.07, 6.45) is 5.28. The second-order valence-corrected chi connectivity index (χ2v) is 6.92. The van der Waals surface area contributed by atoms with Gasteiger partial charge in [0.1, 0.15) is 5.58 Å². The number of carbonyl (C=O) groups excluding carboxylic acids is 1. The predicted octanol–water partition coefficient (Wildman–Crippen LogP) is 3.18. The van der Waals surface area contributed by atoms with E-state index in [4.69, 9.17) is 4.42 Å². The highest BCUT2D eigenvalue weighted by Crippen LogP contribution is 2.30. The van der Waals surface area contributed by atoms with Crippen LogP contribution in [0.1, 0.15) is 54.9 Å². The van der Waals surface area contributed by atoms with Crippen molar-refractivity contribution in [3.63, 3.8) is 0 Å². The molecule has 116 valence electrons. The fourth-order valence-corrected chi connectivity index (χ4v) is 3.87. The summed E-state index contributed by atoms with van der Waals surface area (Å²) in [6.45, 7) is 4.27. The molecule has 2 saturated heterocycles. The minimum Gasteiger partial charge on any atom is -0.464 e. The van der Waals surface area contributed by atoms with Gasteiger partial charge in [-0.05, 0) is 43.4 Å². The molecule has 1 aromatic carbocycles. The lowest BCUT2D eigenvalue weighted by atomic mass is 9.95. The fraction of sp³-hybridized carbons (Fsp3) is 0.500. The largest absolute Gasteiger partial charge is 0.464 e. The molecule has 0 radical (unpaired) electrons. The van der Waals surface area contributed by atoms with E-state index in [0.29, 0.717) is 18.0 Å². The number of nitrogens with one attached hydrogen (secondary N) is 2. The van der Waals surface area contributed by atoms with Crippen molar-refractivity contribution >= 4 is 16.9 Å². The molecule has 0 saturated carbocycles. The average Bonchev–Trinajstić information content (AvgIpc) is 3.20. The Bertz CT molecular complexity index is 719. The summed E-state index contributed by atoms with van der Waals surface area (Å²) in [7, 11) is 0. The third-order valence-corrected chi connectivity index (χ3v) is 5.10. The molecule has 3 unspecified atom stereocenters. The summed E-state index contributed by atoms with van der Waals surface area (Å²) in [5, 5.41) is 7.80. The second-order valence-electron chi connectivity index (χ2n) is 6.92. The Morgan fingerprint density at radius 3 is 2.91 bits per heavy atom.